The minimum atomic E-state index is -0.228. The molecular weight excluding hydrogens is 308 g/mol. The Hall–Kier alpha value is -1.51. The topological polar surface area (TPSA) is 50.4 Å². The first-order valence-electron chi connectivity index (χ1n) is 5.99. The summed E-state index contributed by atoms with van der Waals surface area (Å²) >= 11 is 3.48. The first-order valence-corrected chi connectivity index (χ1v) is 6.78. The summed E-state index contributed by atoms with van der Waals surface area (Å²) in [4.78, 5) is 11.3. The highest BCUT2D eigenvalue weighted by Gasteiger charge is 2.05. The highest BCUT2D eigenvalue weighted by Crippen LogP contribution is 2.22. The standard InChI is InChI=1S/C14H17BrN2O2/c1-3-7-17-14(18)10-19-12-5-6-13(15)11(8-12)9-16-4-2/h1,5-6,8,16H,4,7,9-10H2,2H3,(H,17,18). The third kappa shape index (κ3) is 5.77. The summed E-state index contributed by atoms with van der Waals surface area (Å²) in [5.74, 6) is 2.77. The Labute approximate surface area is 122 Å². The SMILES string of the molecule is C#CCNC(=O)COc1ccc(Br)c(CNCC)c1. The fourth-order valence-electron chi connectivity index (χ4n) is 1.39. The maximum absolute atomic E-state index is 11.3. The minimum absolute atomic E-state index is 0.0377. The largest absolute Gasteiger partial charge is 0.484 e. The van der Waals surface area contributed by atoms with Crippen LogP contribution in [0.5, 0.6) is 5.75 Å². The molecule has 5 heteroatoms. The molecule has 1 rings (SSSR count). The van der Waals surface area contributed by atoms with Gasteiger partial charge in [0.05, 0.1) is 6.54 Å². The van der Waals surface area contributed by atoms with E-state index >= 15 is 0 Å². The first kappa shape index (κ1) is 15.5. The number of carbonyl (C=O) groups excluding carboxylic acids is 1. The van der Waals surface area contributed by atoms with E-state index in [4.69, 9.17) is 11.2 Å². The van der Waals surface area contributed by atoms with Crippen LogP contribution in [0.2, 0.25) is 0 Å². The van der Waals surface area contributed by atoms with Gasteiger partial charge in [0.15, 0.2) is 6.61 Å². The van der Waals surface area contributed by atoms with Crippen molar-refractivity contribution >= 4 is 21.8 Å². The van der Waals surface area contributed by atoms with Gasteiger partial charge in [-0.3, -0.25) is 4.79 Å². The Morgan fingerprint density at radius 1 is 1.53 bits per heavy atom. The van der Waals surface area contributed by atoms with Gasteiger partial charge in [-0.25, -0.2) is 0 Å². The van der Waals surface area contributed by atoms with Gasteiger partial charge < -0.3 is 15.4 Å². The molecule has 0 unspecified atom stereocenters. The number of ether oxygens (including phenoxy) is 1. The lowest BCUT2D eigenvalue weighted by Crippen LogP contribution is -2.29. The quantitative estimate of drug-likeness (QED) is 0.750. The smallest absolute Gasteiger partial charge is 0.258 e. The Balaban J connectivity index is 2.54. The molecule has 0 saturated carbocycles. The second kappa shape index (κ2) is 8.57. The van der Waals surface area contributed by atoms with Crippen LogP contribution in [-0.4, -0.2) is 25.6 Å². The van der Waals surface area contributed by atoms with E-state index < -0.39 is 0 Å². The summed E-state index contributed by atoms with van der Waals surface area (Å²) < 4.78 is 6.42. The number of hydrogen-bond acceptors (Lipinski definition) is 3. The van der Waals surface area contributed by atoms with Crippen molar-refractivity contribution in [2.45, 2.75) is 13.5 Å². The molecule has 2 N–H and O–H groups in total. The second-order valence-electron chi connectivity index (χ2n) is 3.80. The van der Waals surface area contributed by atoms with Crippen molar-refractivity contribution in [3.63, 3.8) is 0 Å². The molecule has 0 fully saturated rings. The Bertz CT molecular complexity index is 469. The van der Waals surface area contributed by atoms with Crippen molar-refractivity contribution in [2.75, 3.05) is 19.7 Å². The predicted octanol–water partition coefficient (Wildman–Crippen LogP) is 1.69. The highest BCUT2D eigenvalue weighted by molar-refractivity contribution is 9.10. The van der Waals surface area contributed by atoms with Crippen molar-refractivity contribution in [1.82, 2.24) is 10.6 Å². The lowest BCUT2D eigenvalue weighted by molar-refractivity contribution is -0.122. The Kier molecular flexibility index (Phi) is 7.01. The van der Waals surface area contributed by atoms with Crippen LogP contribution in [0.4, 0.5) is 0 Å². The van der Waals surface area contributed by atoms with Crippen molar-refractivity contribution in [3.8, 4) is 18.1 Å². The lowest BCUT2D eigenvalue weighted by Gasteiger charge is -2.10. The molecule has 0 radical (unpaired) electrons. The van der Waals surface area contributed by atoms with E-state index in [0.717, 1.165) is 23.1 Å². The van der Waals surface area contributed by atoms with E-state index in [0.29, 0.717) is 5.75 Å². The average molecular weight is 325 g/mol. The van der Waals surface area contributed by atoms with Gasteiger partial charge in [-0.1, -0.05) is 28.8 Å². The molecule has 19 heavy (non-hydrogen) atoms. The molecule has 0 heterocycles. The van der Waals surface area contributed by atoms with Crippen LogP contribution in [0.3, 0.4) is 0 Å². The zero-order valence-corrected chi connectivity index (χ0v) is 12.4. The van der Waals surface area contributed by atoms with Crippen molar-refractivity contribution in [3.05, 3.63) is 28.2 Å². The zero-order chi connectivity index (χ0) is 14.1. The van der Waals surface area contributed by atoms with Gasteiger partial charge in [0.1, 0.15) is 5.75 Å². The molecule has 0 atom stereocenters. The number of terminal acetylenes is 1. The number of halogens is 1. The van der Waals surface area contributed by atoms with Crippen LogP contribution in [0.15, 0.2) is 22.7 Å². The Morgan fingerprint density at radius 2 is 2.32 bits per heavy atom. The Morgan fingerprint density at radius 3 is 3.00 bits per heavy atom. The van der Waals surface area contributed by atoms with Gasteiger partial charge in [-0.15, -0.1) is 6.42 Å². The summed E-state index contributed by atoms with van der Waals surface area (Å²) in [6.45, 7) is 3.87. The fraction of sp³-hybridized carbons (Fsp3) is 0.357. The number of rotatable bonds is 7. The molecule has 0 aliphatic heterocycles. The summed E-state index contributed by atoms with van der Waals surface area (Å²) in [6, 6.07) is 5.62. The molecule has 1 aromatic rings. The molecule has 0 aliphatic carbocycles. The molecule has 0 saturated heterocycles. The maximum atomic E-state index is 11.3. The number of hydrogen-bond donors (Lipinski definition) is 2. The van der Waals surface area contributed by atoms with Crippen LogP contribution in [0.1, 0.15) is 12.5 Å². The minimum Gasteiger partial charge on any atom is -0.484 e. The number of benzene rings is 1. The van der Waals surface area contributed by atoms with E-state index in [9.17, 15) is 4.79 Å². The fourth-order valence-corrected chi connectivity index (χ4v) is 1.77. The van der Waals surface area contributed by atoms with Crippen LogP contribution >= 0.6 is 15.9 Å². The maximum Gasteiger partial charge on any atom is 0.258 e. The van der Waals surface area contributed by atoms with E-state index in [1.807, 2.05) is 25.1 Å². The number of carbonyl (C=O) groups is 1. The van der Waals surface area contributed by atoms with Crippen LogP contribution in [0, 0.1) is 12.3 Å². The van der Waals surface area contributed by atoms with E-state index in [2.05, 4.69) is 32.5 Å². The van der Waals surface area contributed by atoms with Gasteiger partial charge in [-0.2, -0.15) is 0 Å². The summed E-state index contributed by atoms with van der Waals surface area (Å²) in [6.07, 6.45) is 5.05. The molecule has 0 aromatic heterocycles. The van der Waals surface area contributed by atoms with Gasteiger partial charge in [0, 0.05) is 11.0 Å². The molecular formula is C14H17BrN2O2. The van der Waals surface area contributed by atoms with E-state index in [1.54, 1.807) is 0 Å². The molecule has 0 aliphatic rings. The third-order valence-electron chi connectivity index (χ3n) is 2.34. The van der Waals surface area contributed by atoms with E-state index in [-0.39, 0.29) is 19.1 Å². The normalized spacial score (nSPS) is 9.74. The van der Waals surface area contributed by atoms with Gasteiger partial charge >= 0.3 is 0 Å². The monoisotopic (exact) mass is 324 g/mol. The van der Waals surface area contributed by atoms with Gasteiger partial charge in [-0.05, 0) is 30.3 Å². The van der Waals surface area contributed by atoms with Gasteiger partial charge in [0.2, 0.25) is 0 Å². The van der Waals surface area contributed by atoms with Crippen molar-refractivity contribution in [1.29, 1.82) is 0 Å². The van der Waals surface area contributed by atoms with Crippen LogP contribution in [-0.2, 0) is 11.3 Å². The molecule has 0 bridgehead atoms. The summed E-state index contributed by atoms with van der Waals surface area (Å²) in [5, 5.41) is 5.78. The van der Waals surface area contributed by atoms with Crippen molar-refractivity contribution < 1.29 is 9.53 Å². The summed E-state index contributed by atoms with van der Waals surface area (Å²) in [7, 11) is 0. The highest BCUT2D eigenvalue weighted by atomic mass is 79.9. The van der Waals surface area contributed by atoms with Gasteiger partial charge in [0.25, 0.3) is 5.91 Å². The molecule has 102 valence electrons. The number of amides is 1. The lowest BCUT2D eigenvalue weighted by atomic mass is 10.2. The molecule has 0 spiro atoms. The van der Waals surface area contributed by atoms with Crippen molar-refractivity contribution in [2.24, 2.45) is 0 Å². The van der Waals surface area contributed by atoms with Crippen LogP contribution < -0.4 is 15.4 Å². The molecule has 1 aromatic carbocycles. The zero-order valence-electron chi connectivity index (χ0n) is 10.8. The predicted molar refractivity (Wildman–Crippen MR) is 78.9 cm³/mol. The third-order valence-corrected chi connectivity index (χ3v) is 3.11. The first-order chi connectivity index (χ1) is 9.17. The molecule has 1 amide bonds. The van der Waals surface area contributed by atoms with E-state index in [1.165, 1.54) is 0 Å². The van der Waals surface area contributed by atoms with Crippen LogP contribution in [0.25, 0.3) is 0 Å². The average Bonchev–Trinajstić information content (AvgIpc) is 2.42. The molecule has 4 nitrogen and oxygen atoms in total. The number of nitrogens with one attached hydrogen (secondary N) is 2. The second-order valence-corrected chi connectivity index (χ2v) is 4.66. The summed E-state index contributed by atoms with van der Waals surface area (Å²) in [5.41, 5.74) is 1.09.